The lowest BCUT2D eigenvalue weighted by Gasteiger charge is -2.32. The molecule has 10 heteroatoms. The Morgan fingerprint density at radius 3 is 0.986 bits per heavy atom. The molecule has 0 saturated carbocycles. The van der Waals surface area contributed by atoms with Gasteiger partial charge >= 0.3 is 14.2 Å². The average Bonchev–Trinajstić information content (AvgIpc) is 3.91. The number of hydrogen-bond donors (Lipinski definition) is 0. The first-order chi connectivity index (χ1) is 33.4. The topological polar surface area (TPSA) is 77.5 Å². The summed E-state index contributed by atoms with van der Waals surface area (Å²) in [5.41, 5.74) is 4.16. The van der Waals surface area contributed by atoms with Gasteiger partial charge in [-0.15, -0.1) is 0 Å². The molecule has 0 aliphatic carbocycles. The lowest BCUT2D eigenvalue weighted by molar-refractivity contribution is -0.114. The molecule has 388 valence electrons. The Labute approximate surface area is 427 Å². The van der Waals surface area contributed by atoms with E-state index in [0.29, 0.717) is 36.1 Å². The second-order valence-corrected chi connectivity index (χ2v) is 23.9. The van der Waals surface area contributed by atoms with Gasteiger partial charge in [-0.1, -0.05) is 180 Å². The van der Waals surface area contributed by atoms with E-state index < -0.39 is 36.6 Å². The van der Waals surface area contributed by atoms with E-state index in [9.17, 15) is 0 Å². The van der Waals surface area contributed by atoms with Gasteiger partial charge in [-0.05, 0) is 116 Å². The molecule has 70 heavy (non-hydrogen) atoms. The third kappa shape index (κ3) is 13.4. The predicted molar refractivity (Wildman–Crippen MR) is 296 cm³/mol. The van der Waals surface area contributed by atoms with Crippen LogP contribution in [0.5, 0.6) is 0 Å². The molecule has 0 radical (unpaired) electrons. The van der Waals surface area contributed by atoms with Crippen molar-refractivity contribution in [2.24, 2.45) is 11.8 Å². The number of hydrogen-bond acceptors (Lipinski definition) is 6. The van der Waals surface area contributed by atoms with E-state index in [2.05, 4.69) is 119 Å². The lowest BCUT2D eigenvalue weighted by Crippen LogP contribution is -2.41. The number of anilines is 2. The minimum absolute atomic E-state index is 0.0723. The number of rotatable bonds is 30. The summed E-state index contributed by atoms with van der Waals surface area (Å²) in [7, 11) is -1.15. The van der Waals surface area contributed by atoms with E-state index in [4.69, 9.17) is 18.6 Å². The van der Waals surface area contributed by atoms with Crippen molar-refractivity contribution in [1.82, 2.24) is 0 Å². The van der Waals surface area contributed by atoms with E-state index in [0.717, 1.165) is 72.0 Å². The molecule has 2 saturated heterocycles. The standard InChI is InChI=1S/C60H96B2N2O6/c1-13-17-21-25-27-31-35-45(33-29-23-19-15-3)43-63-51-41-47(61-67-57(5,6)58(7,8)68-61)37-39-49(51)53(55(63)65)54-50-40-38-48(62-69-59(9,10)60(11,12)70-62)42-52(50)64(56(54)66)44-46(34-30-24-20-16-4)36-32-28-26-22-18-14-2/h37-42,45-46H,13-36,43-44H2,1-12H3/b54-53+. The first-order valence-corrected chi connectivity index (χ1v) is 28.8. The van der Waals surface area contributed by atoms with Crippen molar-refractivity contribution in [1.29, 1.82) is 0 Å². The van der Waals surface area contributed by atoms with Crippen LogP contribution in [0.3, 0.4) is 0 Å². The van der Waals surface area contributed by atoms with Gasteiger partial charge in [0.15, 0.2) is 0 Å². The zero-order valence-electron chi connectivity index (χ0n) is 46.5. The quantitative estimate of drug-likeness (QED) is 0.0441. The molecule has 4 aliphatic rings. The number of nitrogens with zero attached hydrogens (tertiary/aromatic N) is 2. The number of fused-ring (bicyclic) bond motifs is 2. The molecule has 0 bridgehead atoms. The zero-order chi connectivity index (χ0) is 50.7. The third-order valence-electron chi connectivity index (χ3n) is 17.1. The Morgan fingerprint density at radius 2 is 0.686 bits per heavy atom. The van der Waals surface area contributed by atoms with Crippen LogP contribution in [0.15, 0.2) is 36.4 Å². The summed E-state index contributed by atoms with van der Waals surface area (Å²) in [6, 6.07) is 12.5. The van der Waals surface area contributed by atoms with Gasteiger partial charge in [0, 0.05) is 24.2 Å². The zero-order valence-corrected chi connectivity index (χ0v) is 46.5. The molecular weight excluding hydrogens is 866 g/mol. The van der Waals surface area contributed by atoms with Crippen molar-refractivity contribution in [2.75, 3.05) is 22.9 Å². The van der Waals surface area contributed by atoms with Crippen LogP contribution in [0, 0.1) is 11.8 Å². The SMILES string of the molecule is CCCCCCCCC(CCCCCC)CN1C(=O)/C(=C2/C(=O)N(CC(CCCCCC)CCCCCCCC)c3cc(B4OC(C)(C)C(C)(C)O4)ccc32)c2ccc(B3OC(C)(C)C(C)(C)O3)cc21. The summed E-state index contributed by atoms with van der Waals surface area (Å²) in [4.78, 5) is 35.5. The molecule has 2 atom stereocenters. The van der Waals surface area contributed by atoms with E-state index in [1.165, 1.54) is 116 Å². The molecule has 8 nitrogen and oxygen atoms in total. The molecule has 2 aromatic rings. The third-order valence-corrected chi connectivity index (χ3v) is 17.1. The van der Waals surface area contributed by atoms with Gasteiger partial charge in [-0.2, -0.15) is 0 Å². The fourth-order valence-electron chi connectivity index (χ4n) is 11.1. The molecule has 2 fully saturated rings. The molecular formula is C60H96B2N2O6. The van der Waals surface area contributed by atoms with Crippen LogP contribution in [-0.4, -0.2) is 61.5 Å². The van der Waals surface area contributed by atoms with Crippen molar-refractivity contribution in [2.45, 2.75) is 260 Å². The summed E-state index contributed by atoms with van der Waals surface area (Å²) in [6.45, 7) is 27.0. The first-order valence-electron chi connectivity index (χ1n) is 28.8. The fourth-order valence-corrected chi connectivity index (χ4v) is 11.1. The normalized spacial score (nSPS) is 20.8. The highest BCUT2D eigenvalue weighted by Gasteiger charge is 2.54. The molecule has 2 amide bonds. The predicted octanol–water partition coefficient (Wildman–Crippen LogP) is 14.6. The second kappa shape index (κ2) is 25.4. The molecule has 6 rings (SSSR count). The van der Waals surface area contributed by atoms with Gasteiger partial charge in [0.2, 0.25) is 0 Å². The van der Waals surface area contributed by atoms with Crippen LogP contribution in [0.4, 0.5) is 11.4 Å². The second-order valence-electron chi connectivity index (χ2n) is 23.9. The molecule has 0 aromatic heterocycles. The van der Waals surface area contributed by atoms with Gasteiger partial charge in [-0.25, -0.2) is 0 Å². The smallest absolute Gasteiger partial charge is 0.399 e. The molecule has 4 aliphatic heterocycles. The highest BCUT2D eigenvalue weighted by atomic mass is 16.7. The van der Waals surface area contributed by atoms with Gasteiger partial charge in [0.05, 0.1) is 44.9 Å². The van der Waals surface area contributed by atoms with Crippen molar-refractivity contribution >= 4 is 59.5 Å². The Bertz CT molecular complexity index is 1890. The maximum atomic E-state index is 15.7. The summed E-state index contributed by atoms with van der Waals surface area (Å²) in [6.07, 6.45) is 28.9. The summed E-state index contributed by atoms with van der Waals surface area (Å²) < 4.78 is 26.5. The highest BCUT2D eigenvalue weighted by molar-refractivity contribution is 6.63. The summed E-state index contributed by atoms with van der Waals surface area (Å²) in [5, 5.41) is 0. The minimum atomic E-state index is -0.574. The summed E-state index contributed by atoms with van der Waals surface area (Å²) >= 11 is 0. The number of carbonyl (C=O) groups excluding carboxylic acids is 2. The fraction of sp³-hybridized carbons (Fsp3) is 0.733. The van der Waals surface area contributed by atoms with Gasteiger partial charge < -0.3 is 28.4 Å². The van der Waals surface area contributed by atoms with Gasteiger partial charge in [-0.3, -0.25) is 9.59 Å². The average molecular weight is 963 g/mol. The maximum absolute atomic E-state index is 15.7. The van der Waals surface area contributed by atoms with Crippen molar-refractivity contribution < 1.29 is 28.2 Å². The van der Waals surface area contributed by atoms with Crippen LogP contribution >= 0.6 is 0 Å². The molecule has 0 spiro atoms. The molecule has 4 heterocycles. The number of unbranched alkanes of at least 4 members (excludes halogenated alkanes) is 16. The monoisotopic (exact) mass is 963 g/mol. The Morgan fingerprint density at radius 1 is 0.414 bits per heavy atom. The van der Waals surface area contributed by atoms with E-state index in [-0.39, 0.29) is 11.8 Å². The van der Waals surface area contributed by atoms with E-state index >= 15 is 9.59 Å². The first kappa shape index (κ1) is 56.4. The van der Waals surface area contributed by atoms with Crippen LogP contribution in [0.25, 0.3) is 11.1 Å². The van der Waals surface area contributed by atoms with Crippen LogP contribution in [-0.2, 0) is 28.2 Å². The minimum Gasteiger partial charge on any atom is -0.399 e. The number of benzene rings is 2. The molecule has 2 unspecified atom stereocenters. The van der Waals surface area contributed by atoms with E-state index in [1.54, 1.807) is 0 Å². The van der Waals surface area contributed by atoms with Crippen LogP contribution < -0.4 is 20.7 Å². The number of amides is 2. The summed E-state index contributed by atoms with van der Waals surface area (Å²) in [5.74, 6) is 0.560. The maximum Gasteiger partial charge on any atom is 0.494 e. The molecule has 2 aromatic carbocycles. The lowest BCUT2D eigenvalue weighted by atomic mass is 9.77. The Balaban J connectivity index is 1.43. The highest BCUT2D eigenvalue weighted by Crippen LogP contribution is 2.48. The van der Waals surface area contributed by atoms with Crippen molar-refractivity contribution in [3.8, 4) is 0 Å². The van der Waals surface area contributed by atoms with Crippen molar-refractivity contribution in [3.05, 3.63) is 47.5 Å². The van der Waals surface area contributed by atoms with Crippen LogP contribution in [0.2, 0.25) is 0 Å². The van der Waals surface area contributed by atoms with Crippen LogP contribution in [0.1, 0.15) is 248 Å². The number of carbonyl (C=O) groups is 2. The Kier molecular flexibility index (Phi) is 20.4. The van der Waals surface area contributed by atoms with Gasteiger partial charge in [0.1, 0.15) is 0 Å². The largest absolute Gasteiger partial charge is 0.494 e. The van der Waals surface area contributed by atoms with Crippen molar-refractivity contribution in [3.63, 3.8) is 0 Å². The van der Waals surface area contributed by atoms with E-state index in [1.807, 2.05) is 9.80 Å². The molecule has 0 N–H and O–H groups in total. The van der Waals surface area contributed by atoms with Gasteiger partial charge in [0.25, 0.3) is 11.8 Å². The Hall–Kier alpha value is -2.91.